The lowest BCUT2D eigenvalue weighted by Crippen LogP contribution is -2.51. The molecule has 10 heteroatoms. The van der Waals surface area contributed by atoms with Crippen molar-refractivity contribution >= 4 is 11.9 Å². The van der Waals surface area contributed by atoms with Gasteiger partial charge in [-0.25, -0.2) is 0 Å². The zero-order valence-electron chi connectivity index (χ0n) is 18.5. The first-order valence-corrected chi connectivity index (χ1v) is 10.2. The van der Waals surface area contributed by atoms with Crippen LogP contribution in [0.2, 0.25) is 0 Å². The molecule has 10 nitrogen and oxygen atoms in total. The molecule has 5 rings (SSSR count). The Morgan fingerprint density at radius 3 is 2.24 bits per heavy atom. The summed E-state index contributed by atoms with van der Waals surface area (Å²) >= 11 is 0. The Balaban J connectivity index is 1.74. The van der Waals surface area contributed by atoms with E-state index < -0.39 is 29.6 Å². The molecule has 2 aromatic rings. The molecular formula is C23H22O10. The maximum absolute atomic E-state index is 13.0. The van der Waals surface area contributed by atoms with Crippen molar-refractivity contribution in [2.24, 2.45) is 5.92 Å². The summed E-state index contributed by atoms with van der Waals surface area (Å²) in [5.74, 6) is -1.52. The number of hydrogen-bond donors (Lipinski definition) is 0. The molecule has 174 valence electrons. The van der Waals surface area contributed by atoms with Crippen LogP contribution >= 0.6 is 0 Å². The Labute approximate surface area is 189 Å². The number of ether oxygens (including phenoxy) is 8. The minimum atomic E-state index is -1.34. The number of methoxy groups -OCH3 is 3. The van der Waals surface area contributed by atoms with Gasteiger partial charge in [0.15, 0.2) is 29.6 Å². The largest absolute Gasteiger partial charge is 0.493 e. The third-order valence-corrected chi connectivity index (χ3v) is 6.03. The molecule has 0 radical (unpaired) electrons. The van der Waals surface area contributed by atoms with Gasteiger partial charge in [0, 0.05) is 31.6 Å². The van der Waals surface area contributed by atoms with E-state index in [4.69, 9.17) is 37.9 Å². The van der Waals surface area contributed by atoms with Crippen molar-refractivity contribution in [2.45, 2.75) is 18.6 Å². The van der Waals surface area contributed by atoms with Crippen LogP contribution < -0.4 is 28.4 Å². The van der Waals surface area contributed by atoms with E-state index in [9.17, 15) is 9.59 Å². The van der Waals surface area contributed by atoms with Crippen LogP contribution in [-0.2, 0) is 19.1 Å². The normalized spacial score (nSPS) is 24.3. The van der Waals surface area contributed by atoms with Crippen molar-refractivity contribution < 1.29 is 47.5 Å². The molecule has 0 N–H and O–H groups in total. The summed E-state index contributed by atoms with van der Waals surface area (Å²) < 4.78 is 44.7. The quantitative estimate of drug-likeness (QED) is 0.490. The van der Waals surface area contributed by atoms with Gasteiger partial charge in [0.2, 0.25) is 12.5 Å². The third-order valence-electron chi connectivity index (χ3n) is 6.03. The second-order valence-electron chi connectivity index (χ2n) is 7.77. The van der Waals surface area contributed by atoms with Crippen LogP contribution in [0.1, 0.15) is 24.0 Å². The highest BCUT2D eigenvalue weighted by Gasteiger charge is 2.61. The molecule has 1 fully saturated rings. The monoisotopic (exact) mass is 458 g/mol. The molecule has 0 aromatic heterocycles. The lowest BCUT2D eigenvalue weighted by atomic mass is 9.75. The number of fused-ring (bicyclic) bond motifs is 3. The van der Waals surface area contributed by atoms with Gasteiger partial charge in [-0.1, -0.05) is 0 Å². The molecule has 0 spiro atoms. The van der Waals surface area contributed by atoms with E-state index >= 15 is 0 Å². The van der Waals surface area contributed by atoms with E-state index in [1.807, 2.05) is 0 Å². The van der Waals surface area contributed by atoms with E-state index in [1.165, 1.54) is 28.3 Å². The number of benzene rings is 2. The number of hydrogen-bond acceptors (Lipinski definition) is 10. The van der Waals surface area contributed by atoms with Gasteiger partial charge in [0.05, 0.1) is 14.2 Å². The molecule has 33 heavy (non-hydrogen) atoms. The van der Waals surface area contributed by atoms with Gasteiger partial charge in [-0.3, -0.25) is 9.59 Å². The number of esters is 2. The van der Waals surface area contributed by atoms with Crippen LogP contribution in [-0.4, -0.2) is 52.5 Å². The van der Waals surface area contributed by atoms with Gasteiger partial charge in [-0.15, -0.1) is 0 Å². The summed E-state index contributed by atoms with van der Waals surface area (Å²) in [6.45, 7) is 1.30. The predicted molar refractivity (Wildman–Crippen MR) is 110 cm³/mol. The maximum atomic E-state index is 13.0. The van der Waals surface area contributed by atoms with Gasteiger partial charge in [0.1, 0.15) is 11.7 Å². The van der Waals surface area contributed by atoms with Crippen LogP contribution in [0, 0.1) is 5.92 Å². The summed E-state index contributed by atoms with van der Waals surface area (Å²) in [7, 11) is 4.37. The fourth-order valence-corrected chi connectivity index (χ4v) is 4.57. The first-order valence-electron chi connectivity index (χ1n) is 10.2. The van der Waals surface area contributed by atoms with Crippen LogP contribution in [0.5, 0.6) is 34.5 Å². The Morgan fingerprint density at radius 1 is 0.970 bits per heavy atom. The third kappa shape index (κ3) is 3.20. The summed E-state index contributed by atoms with van der Waals surface area (Å²) in [4.78, 5) is 24.6. The predicted octanol–water partition coefficient (Wildman–Crippen LogP) is 2.40. The van der Waals surface area contributed by atoms with Crippen molar-refractivity contribution in [1.29, 1.82) is 0 Å². The first-order chi connectivity index (χ1) is 15.9. The summed E-state index contributed by atoms with van der Waals surface area (Å²) in [5.41, 5.74) is 1.33. The van der Waals surface area contributed by atoms with Crippen molar-refractivity contribution in [3.63, 3.8) is 0 Å². The molecule has 3 aliphatic heterocycles. The molecule has 2 aromatic carbocycles. The van der Waals surface area contributed by atoms with Crippen LogP contribution in [0.25, 0.3) is 0 Å². The number of carbonyl (C=O) groups excluding carboxylic acids is 2. The molecule has 3 aliphatic rings. The van der Waals surface area contributed by atoms with Gasteiger partial charge < -0.3 is 37.9 Å². The van der Waals surface area contributed by atoms with Crippen molar-refractivity contribution in [3.05, 3.63) is 35.4 Å². The maximum Gasteiger partial charge on any atom is 0.317 e. The second-order valence-corrected chi connectivity index (χ2v) is 7.77. The average Bonchev–Trinajstić information content (AvgIpc) is 3.40. The highest BCUT2D eigenvalue weighted by molar-refractivity contribution is 5.80. The summed E-state index contributed by atoms with van der Waals surface area (Å²) in [6, 6.07) is 6.88. The van der Waals surface area contributed by atoms with E-state index in [2.05, 4.69) is 0 Å². The molecule has 0 bridgehead atoms. The highest BCUT2D eigenvalue weighted by Crippen LogP contribution is 2.56. The van der Waals surface area contributed by atoms with Gasteiger partial charge >= 0.3 is 11.9 Å². The molecule has 1 saturated heterocycles. The fourth-order valence-electron chi connectivity index (χ4n) is 4.57. The molecule has 3 atom stereocenters. The van der Waals surface area contributed by atoms with Crippen molar-refractivity contribution in [1.82, 2.24) is 0 Å². The smallest absolute Gasteiger partial charge is 0.317 e. The summed E-state index contributed by atoms with van der Waals surface area (Å²) in [5, 5.41) is 0. The number of carbonyl (C=O) groups is 2. The minimum Gasteiger partial charge on any atom is -0.493 e. The standard InChI is InChI=1S/C23H22O10/c1-11(24)32-21-17(26-2)5-12(6-18(21)27-3)19-13-7-15-16(31-10-30-15)8-14(13)33-23(28-4)9-29-22(25)20(19)23/h5-8,19-20H,9-10H2,1-4H3/t19-,20-,23+/m1/s1. The van der Waals surface area contributed by atoms with E-state index in [-0.39, 0.29) is 30.6 Å². The number of cyclic esters (lactones) is 1. The molecular weight excluding hydrogens is 436 g/mol. The van der Waals surface area contributed by atoms with Gasteiger partial charge in [-0.2, -0.15) is 0 Å². The van der Waals surface area contributed by atoms with Crippen molar-refractivity contribution in [3.8, 4) is 34.5 Å². The van der Waals surface area contributed by atoms with Gasteiger partial charge in [0.25, 0.3) is 5.79 Å². The lowest BCUT2D eigenvalue weighted by Gasteiger charge is -2.41. The Hall–Kier alpha value is -3.66. The van der Waals surface area contributed by atoms with E-state index in [0.717, 1.165) is 0 Å². The molecule has 3 heterocycles. The lowest BCUT2D eigenvalue weighted by molar-refractivity contribution is -0.195. The molecule has 0 amide bonds. The summed E-state index contributed by atoms with van der Waals surface area (Å²) in [6.07, 6.45) is 0. The Morgan fingerprint density at radius 2 is 1.64 bits per heavy atom. The van der Waals surface area contributed by atoms with Crippen molar-refractivity contribution in [2.75, 3.05) is 34.7 Å². The topological polar surface area (TPSA) is 108 Å². The van der Waals surface area contributed by atoms with Crippen LogP contribution in [0.4, 0.5) is 0 Å². The first kappa shape index (κ1) is 21.2. The Kier molecular flexibility index (Phi) is 4.97. The fraction of sp³-hybridized carbons (Fsp3) is 0.391. The van der Waals surface area contributed by atoms with E-state index in [1.54, 1.807) is 24.3 Å². The zero-order valence-corrected chi connectivity index (χ0v) is 18.5. The zero-order chi connectivity index (χ0) is 23.3. The van der Waals surface area contributed by atoms with E-state index in [0.29, 0.717) is 28.4 Å². The number of rotatable bonds is 5. The SMILES string of the molecule is COc1cc([C@@H]2c3cc4c(cc3O[C@@]3(OC)COC(=O)[C@@H]23)OCO4)cc(OC)c1OC(C)=O. The highest BCUT2D eigenvalue weighted by atomic mass is 16.7. The molecule has 0 unspecified atom stereocenters. The van der Waals surface area contributed by atoms with Gasteiger partial charge in [-0.05, 0) is 23.8 Å². The second kappa shape index (κ2) is 7.73. The van der Waals surface area contributed by atoms with Crippen LogP contribution in [0.3, 0.4) is 0 Å². The molecule has 0 saturated carbocycles. The molecule has 0 aliphatic carbocycles. The average molecular weight is 458 g/mol. The minimum absolute atomic E-state index is 0.0722. The Bertz CT molecular complexity index is 1120. The van der Waals surface area contributed by atoms with Crippen LogP contribution in [0.15, 0.2) is 24.3 Å².